The van der Waals surface area contributed by atoms with Crippen molar-refractivity contribution in [1.82, 2.24) is 15.6 Å². The summed E-state index contributed by atoms with van der Waals surface area (Å²) in [5.41, 5.74) is 3.20. The molecule has 1 atom stereocenters. The summed E-state index contributed by atoms with van der Waals surface area (Å²) in [7, 11) is 0. The fourth-order valence-corrected chi connectivity index (χ4v) is 5.06. The molecule has 3 N–H and O–H groups in total. The molecule has 1 fully saturated rings. The van der Waals surface area contributed by atoms with E-state index < -0.39 is 6.04 Å². The van der Waals surface area contributed by atoms with E-state index in [-0.39, 0.29) is 28.6 Å². The number of hydrogen-bond acceptors (Lipinski definition) is 3. The van der Waals surface area contributed by atoms with Gasteiger partial charge >= 0.3 is 0 Å². The quantitative estimate of drug-likeness (QED) is 0.551. The third-order valence-corrected chi connectivity index (χ3v) is 7.04. The van der Waals surface area contributed by atoms with Gasteiger partial charge in [-0.3, -0.25) is 14.4 Å². The summed E-state index contributed by atoms with van der Waals surface area (Å²) >= 11 is 0. The molecule has 0 aliphatic heterocycles. The van der Waals surface area contributed by atoms with E-state index in [1.54, 1.807) is 0 Å². The minimum Gasteiger partial charge on any atom is -0.354 e. The molecule has 0 spiro atoms. The van der Waals surface area contributed by atoms with Gasteiger partial charge < -0.3 is 15.6 Å². The van der Waals surface area contributed by atoms with E-state index in [0.717, 1.165) is 43.4 Å². The van der Waals surface area contributed by atoms with Crippen LogP contribution in [0.3, 0.4) is 0 Å². The molecule has 0 saturated heterocycles. The van der Waals surface area contributed by atoms with Crippen LogP contribution in [0.1, 0.15) is 97.0 Å². The lowest BCUT2D eigenvalue weighted by Gasteiger charge is -2.28. The van der Waals surface area contributed by atoms with Gasteiger partial charge in [0, 0.05) is 17.7 Å². The standard InChI is InChI=1S/C27H35N3O3/c1-5-6-12-19(24(32)30-27(13-14-27)18-10-8-7-9-11-18)29-25(33)23-17(2)22-20(28-23)15-26(3,4)16-21(22)31/h7-11,19,28H,5-6,12-16H2,1-4H3,(H,29,33)(H,30,32). The molecule has 2 amide bonds. The number of aromatic nitrogens is 1. The van der Waals surface area contributed by atoms with Gasteiger partial charge in [0.15, 0.2) is 5.78 Å². The molecule has 2 aliphatic rings. The SMILES string of the molecule is CCCCC(NC(=O)c1[nH]c2c(c1C)C(=O)CC(C)(C)C2)C(=O)NC1(c2ccccc2)CC1. The molecule has 0 radical (unpaired) electrons. The van der Waals surface area contributed by atoms with E-state index in [0.29, 0.717) is 29.7 Å². The van der Waals surface area contributed by atoms with Crippen molar-refractivity contribution in [2.45, 2.75) is 84.2 Å². The number of aromatic amines is 1. The van der Waals surface area contributed by atoms with E-state index in [1.165, 1.54) is 0 Å². The minimum atomic E-state index is -0.620. The zero-order valence-electron chi connectivity index (χ0n) is 20.1. The Balaban J connectivity index is 1.52. The van der Waals surface area contributed by atoms with Crippen LogP contribution in [-0.2, 0) is 16.8 Å². The van der Waals surface area contributed by atoms with E-state index in [1.807, 2.05) is 37.3 Å². The van der Waals surface area contributed by atoms with Crippen molar-refractivity contribution in [2.24, 2.45) is 5.41 Å². The summed E-state index contributed by atoms with van der Waals surface area (Å²) in [6.07, 6.45) is 5.34. The van der Waals surface area contributed by atoms with Gasteiger partial charge in [-0.1, -0.05) is 63.9 Å². The van der Waals surface area contributed by atoms with Crippen LogP contribution in [0, 0.1) is 12.3 Å². The molecule has 2 aliphatic carbocycles. The summed E-state index contributed by atoms with van der Waals surface area (Å²) in [4.78, 5) is 42.4. The van der Waals surface area contributed by atoms with Crippen LogP contribution in [0.5, 0.6) is 0 Å². The molecule has 6 nitrogen and oxygen atoms in total. The van der Waals surface area contributed by atoms with E-state index in [2.05, 4.69) is 36.4 Å². The maximum Gasteiger partial charge on any atom is 0.268 e. The highest BCUT2D eigenvalue weighted by Crippen LogP contribution is 2.45. The largest absolute Gasteiger partial charge is 0.354 e. The second-order valence-corrected chi connectivity index (χ2v) is 10.5. The van der Waals surface area contributed by atoms with E-state index in [4.69, 9.17) is 0 Å². The number of carbonyl (C=O) groups is 3. The zero-order valence-corrected chi connectivity index (χ0v) is 20.1. The summed E-state index contributed by atoms with van der Waals surface area (Å²) in [5.74, 6) is -0.398. The maximum absolute atomic E-state index is 13.3. The molecule has 33 heavy (non-hydrogen) atoms. The fourth-order valence-electron chi connectivity index (χ4n) is 5.06. The predicted octanol–water partition coefficient (Wildman–Crippen LogP) is 4.57. The van der Waals surface area contributed by atoms with Gasteiger partial charge in [-0.2, -0.15) is 0 Å². The van der Waals surface area contributed by atoms with Crippen molar-refractivity contribution >= 4 is 17.6 Å². The van der Waals surface area contributed by atoms with Crippen LogP contribution in [0.4, 0.5) is 0 Å². The number of amides is 2. The molecule has 1 heterocycles. The number of nitrogens with one attached hydrogen (secondary N) is 3. The van der Waals surface area contributed by atoms with Gasteiger partial charge in [0.25, 0.3) is 5.91 Å². The van der Waals surface area contributed by atoms with Crippen LogP contribution in [-0.4, -0.2) is 28.6 Å². The number of H-pyrrole nitrogens is 1. The summed E-state index contributed by atoms with van der Waals surface area (Å²) in [6, 6.07) is 9.39. The average molecular weight is 450 g/mol. The van der Waals surface area contributed by atoms with Gasteiger partial charge in [-0.25, -0.2) is 0 Å². The van der Waals surface area contributed by atoms with Gasteiger partial charge in [-0.05, 0) is 49.1 Å². The van der Waals surface area contributed by atoms with Crippen molar-refractivity contribution in [3.05, 3.63) is 58.4 Å². The summed E-state index contributed by atoms with van der Waals surface area (Å²) < 4.78 is 0. The van der Waals surface area contributed by atoms with Gasteiger partial charge in [0.1, 0.15) is 11.7 Å². The van der Waals surface area contributed by atoms with Crippen molar-refractivity contribution in [2.75, 3.05) is 0 Å². The highest BCUT2D eigenvalue weighted by atomic mass is 16.2. The Kier molecular flexibility index (Phi) is 6.21. The monoisotopic (exact) mass is 449 g/mol. The first-order chi connectivity index (χ1) is 15.7. The average Bonchev–Trinajstić information content (AvgIpc) is 3.46. The van der Waals surface area contributed by atoms with Crippen molar-refractivity contribution < 1.29 is 14.4 Å². The van der Waals surface area contributed by atoms with Gasteiger partial charge in [0.2, 0.25) is 5.91 Å². The number of ketones is 1. The lowest BCUT2D eigenvalue weighted by Crippen LogP contribution is -2.50. The minimum absolute atomic E-state index is 0.0767. The first-order valence-corrected chi connectivity index (χ1v) is 12.1. The Morgan fingerprint density at radius 2 is 1.82 bits per heavy atom. The highest BCUT2D eigenvalue weighted by molar-refractivity contribution is 6.05. The fraction of sp³-hybridized carbons (Fsp3) is 0.519. The maximum atomic E-state index is 13.3. The molecule has 1 aromatic heterocycles. The van der Waals surface area contributed by atoms with Crippen LogP contribution in [0.25, 0.3) is 0 Å². The Morgan fingerprint density at radius 1 is 1.12 bits per heavy atom. The Hall–Kier alpha value is -2.89. The molecule has 0 bridgehead atoms. The third-order valence-electron chi connectivity index (χ3n) is 7.04. The molecule has 176 valence electrons. The van der Waals surface area contributed by atoms with E-state index in [9.17, 15) is 14.4 Å². The summed E-state index contributed by atoms with van der Waals surface area (Å²) in [5, 5.41) is 6.17. The molecule has 6 heteroatoms. The van der Waals surface area contributed by atoms with Crippen LogP contribution >= 0.6 is 0 Å². The summed E-state index contributed by atoms with van der Waals surface area (Å²) in [6.45, 7) is 8.01. The molecular formula is C27H35N3O3. The lowest BCUT2D eigenvalue weighted by molar-refractivity contribution is -0.124. The number of carbonyl (C=O) groups excluding carboxylic acids is 3. The number of fused-ring (bicyclic) bond motifs is 1. The van der Waals surface area contributed by atoms with Crippen LogP contribution in [0.2, 0.25) is 0 Å². The van der Waals surface area contributed by atoms with Crippen molar-refractivity contribution in [1.29, 1.82) is 0 Å². The predicted molar refractivity (Wildman–Crippen MR) is 128 cm³/mol. The first-order valence-electron chi connectivity index (χ1n) is 12.1. The number of benzene rings is 1. The molecule has 4 rings (SSSR count). The smallest absolute Gasteiger partial charge is 0.268 e. The molecule has 2 aromatic rings. The Morgan fingerprint density at radius 3 is 2.45 bits per heavy atom. The number of rotatable bonds is 8. The first kappa shape index (κ1) is 23.3. The Bertz CT molecular complexity index is 1060. The van der Waals surface area contributed by atoms with Gasteiger partial charge in [0.05, 0.1) is 5.54 Å². The van der Waals surface area contributed by atoms with Crippen molar-refractivity contribution in [3.8, 4) is 0 Å². The van der Waals surface area contributed by atoms with Gasteiger partial charge in [-0.15, -0.1) is 0 Å². The lowest BCUT2D eigenvalue weighted by atomic mass is 9.75. The molecule has 1 unspecified atom stereocenters. The molecule has 1 aromatic carbocycles. The third kappa shape index (κ3) is 4.75. The molecular weight excluding hydrogens is 414 g/mol. The second-order valence-electron chi connectivity index (χ2n) is 10.5. The topological polar surface area (TPSA) is 91.1 Å². The zero-order chi connectivity index (χ0) is 23.8. The van der Waals surface area contributed by atoms with E-state index >= 15 is 0 Å². The number of Topliss-reactive ketones (excluding diaryl/α,β-unsaturated/α-hetero) is 1. The number of hydrogen-bond donors (Lipinski definition) is 3. The molecule has 1 saturated carbocycles. The normalized spacial score (nSPS) is 18.8. The second kappa shape index (κ2) is 8.81. The highest BCUT2D eigenvalue weighted by Gasteiger charge is 2.46. The van der Waals surface area contributed by atoms with Crippen LogP contribution in [0.15, 0.2) is 30.3 Å². The van der Waals surface area contributed by atoms with Crippen LogP contribution < -0.4 is 10.6 Å². The Labute approximate surface area is 195 Å². The number of unbranched alkanes of at least 4 members (excludes halogenated alkanes) is 1. The van der Waals surface area contributed by atoms with Crippen molar-refractivity contribution in [3.63, 3.8) is 0 Å².